The summed E-state index contributed by atoms with van der Waals surface area (Å²) < 4.78 is 1.81. The van der Waals surface area contributed by atoms with Crippen LogP contribution >= 0.6 is 0 Å². The Morgan fingerprint density at radius 1 is 1.50 bits per heavy atom. The molecule has 0 fully saturated rings. The van der Waals surface area contributed by atoms with Gasteiger partial charge < -0.3 is 9.88 Å². The van der Waals surface area contributed by atoms with Crippen LogP contribution in [0.1, 0.15) is 18.3 Å². The van der Waals surface area contributed by atoms with E-state index < -0.39 is 0 Å². The van der Waals surface area contributed by atoms with Crippen LogP contribution in [-0.4, -0.2) is 27.2 Å². The highest BCUT2D eigenvalue weighted by molar-refractivity contribution is 6.02. The van der Waals surface area contributed by atoms with Crippen LogP contribution in [0.4, 0.5) is 0 Å². The van der Waals surface area contributed by atoms with Crippen molar-refractivity contribution in [2.24, 2.45) is 0 Å². The molecule has 1 aliphatic heterocycles. The summed E-state index contributed by atoms with van der Waals surface area (Å²) in [6.45, 7) is 2.13. The number of aromatic nitrogens is 2. The van der Waals surface area contributed by atoms with E-state index in [0.29, 0.717) is 13.0 Å². The summed E-state index contributed by atoms with van der Waals surface area (Å²) >= 11 is 0. The first-order valence-corrected chi connectivity index (χ1v) is 5.23. The van der Waals surface area contributed by atoms with Gasteiger partial charge in [-0.3, -0.25) is 9.59 Å². The Bertz CT molecular complexity index is 527. The summed E-state index contributed by atoms with van der Waals surface area (Å²) in [7, 11) is 0. The summed E-state index contributed by atoms with van der Waals surface area (Å²) in [6, 6.07) is -0.259. The van der Waals surface area contributed by atoms with Crippen molar-refractivity contribution in [3.8, 4) is 0 Å². The van der Waals surface area contributed by atoms with Gasteiger partial charge in [-0.2, -0.15) is 0 Å². The summed E-state index contributed by atoms with van der Waals surface area (Å²) in [6.07, 6.45) is 3.53. The fraction of sp³-hybridized carbons (Fsp3) is 0.364. The lowest BCUT2D eigenvalue weighted by Crippen LogP contribution is -2.32. The average molecular weight is 217 g/mol. The monoisotopic (exact) mass is 217 g/mol. The third-order valence-corrected chi connectivity index (χ3v) is 3.00. The van der Waals surface area contributed by atoms with Gasteiger partial charge in [-0.1, -0.05) is 0 Å². The first-order chi connectivity index (χ1) is 7.65. The zero-order valence-electron chi connectivity index (χ0n) is 8.86. The summed E-state index contributed by atoms with van der Waals surface area (Å²) in [5, 5.41) is 3.07. The van der Waals surface area contributed by atoms with Crippen molar-refractivity contribution in [1.29, 1.82) is 0 Å². The fourth-order valence-electron chi connectivity index (χ4n) is 2.16. The zero-order valence-corrected chi connectivity index (χ0v) is 8.86. The predicted molar refractivity (Wildman–Crippen MR) is 56.5 cm³/mol. The largest absolute Gasteiger partial charge is 0.374 e. The molecule has 0 spiro atoms. The third-order valence-electron chi connectivity index (χ3n) is 3.00. The van der Waals surface area contributed by atoms with Gasteiger partial charge in [-0.05, 0) is 6.92 Å². The maximum atomic E-state index is 11.7. The first-order valence-electron chi connectivity index (χ1n) is 5.23. The number of allylic oxidation sites excluding steroid dienone is 1. The summed E-state index contributed by atoms with van der Waals surface area (Å²) in [5.74, 6) is 0.129. The molecule has 2 heterocycles. The van der Waals surface area contributed by atoms with Crippen molar-refractivity contribution >= 4 is 17.3 Å². The number of carbonyl (C=O) groups is 2. The van der Waals surface area contributed by atoms with Crippen molar-refractivity contribution in [3.63, 3.8) is 0 Å². The standard InChI is InChI=1S/C11H11N3O2/c1-6-10(16)4-14-5-12-8-2-7(15)3-9(13-6)11(8)14/h3,5-6,13H,2,4H2,1H3. The highest BCUT2D eigenvalue weighted by atomic mass is 16.1. The van der Waals surface area contributed by atoms with Crippen molar-refractivity contribution in [1.82, 2.24) is 14.9 Å². The lowest BCUT2D eigenvalue weighted by atomic mass is 10.0. The number of rotatable bonds is 0. The van der Waals surface area contributed by atoms with Gasteiger partial charge in [0, 0.05) is 6.08 Å². The van der Waals surface area contributed by atoms with Crippen LogP contribution in [0.3, 0.4) is 0 Å². The van der Waals surface area contributed by atoms with E-state index in [-0.39, 0.29) is 17.6 Å². The fourth-order valence-corrected chi connectivity index (χ4v) is 2.16. The van der Waals surface area contributed by atoms with Gasteiger partial charge in [0.15, 0.2) is 11.6 Å². The number of nitrogens with one attached hydrogen (secondary N) is 1. The number of hydrogen-bond donors (Lipinski definition) is 1. The van der Waals surface area contributed by atoms with Crippen LogP contribution in [0.2, 0.25) is 0 Å². The quantitative estimate of drug-likeness (QED) is 0.659. The number of nitrogens with zero attached hydrogens (tertiary/aromatic N) is 2. The van der Waals surface area contributed by atoms with Crippen LogP contribution < -0.4 is 5.32 Å². The smallest absolute Gasteiger partial charge is 0.174 e. The topological polar surface area (TPSA) is 64.0 Å². The van der Waals surface area contributed by atoms with E-state index in [9.17, 15) is 9.59 Å². The summed E-state index contributed by atoms with van der Waals surface area (Å²) in [4.78, 5) is 27.4. The minimum Gasteiger partial charge on any atom is -0.374 e. The molecule has 5 heteroatoms. The van der Waals surface area contributed by atoms with Gasteiger partial charge >= 0.3 is 0 Å². The second-order valence-corrected chi connectivity index (χ2v) is 4.20. The maximum absolute atomic E-state index is 11.7. The molecule has 0 aromatic carbocycles. The molecule has 5 nitrogen and oxygen atoms in total. The van der Waals surface area contributed by atoms with E-state index in [2.05, 4.69) is 10.3 Å². The third kappa shape index (κ3) is 1.21. The molecule has 1 aromatic rings. The second kappa shape index (κ2) is 3.04. The molecule has 0 saturated carbocycles. The maximum Gasteiger partial charge on any atom is 0.174 e. The van der Waals surface area contributed by atoms with E-state index >= 15 is 0 Å². The molecule has 1 N–H and O–H groups in total. The highest BCUT2D eigenvalue weighted by Gasteiger charge is 2.29. The molecule has 0 amide bonds. The van der Waals surface area contributed by atoms with E-state index in [0.717, 1.165) is 17.1 Å². The molecule has 0 saturated heterocycles. The molecule has 0 bridgehead atoms. The summed E-state index contributed by atoms with van der Waals surface area (Å²) in [5.41, 5.74) is 2.37. The average Bonchev–Trinajstić information content (AvgIpc) is 2.55. The lowest BCUT2D eigenvalue weighted by molar-refractivity contribution is -0.120. The zero-order chi connectivity index (χ0) is 11.3. The molecule has 3 rings (SSSR count). The molecular formula is C11H11N3O2. The molecule has 16 heavy (non-hydrogen) atoms. The van der Waals surface area contributed by atoms with Gasteiger partial charge in [-0.25, -0.2) is 4.98 Å². The van der Waals surface area contributed by atoms with Crippen molar-refractivity contribution in [3.05, 3.63) is 23.8 Å². The number of hydrogen-bond acceptors (Lipinski definition) is 4. The Morgan fingerprint density at radius 2 is 2.31 bits per heavy atom. The molecule has 1 atom stereocenters. The molecule has 0 radical (unpaired) electrons. The van der Waals surface area contributed by atoms with Crippen LogP contribution in [0.15, 0.2) is 12.4 Å². The number of Topliss-reactive ketones (excluding diaryl/α,β-unsaturated/α-hetero) is 1. The van der Waals surface area contributed by atoms with Crippen molar-refractivity contribution in [2.45, 2.75) is 25.9 Å². The van der Waals surface area contributed by atoms with E-state index in [1.54, 1.807) is 12.4 Å². The molecule has 2 aliphatic rings. The molecule has 1 aromatic heterocycles. The van der Waals surface area contributed by atoms with E-state index in [1.165, 1.54) is 0 Å². The predicted octanol–water partition coefficient (Wildman–Crippen LogP) is -0.0900. The number of carbonyl (C=O) groups excluding carboxylic acids is 2. The van der Waals surface area contributed by atoms with Crippen molar-refractivity contribution in [2.75, 3.05) is 0 Å². The Kier molecular flexibility index (Phi) is 1.77. The molecule has 82 valence electrons. The molecular weight excluding hydrogens is 206 g/mol. The van der Waals surface area contributed by atoms with Crippen LogP contribution in [0.5, 0.6) is 0 Å². The highest BCUT2D eigenvalue weighted by Crippen LogP contribution is 2.24. The Morgan fingerprint density at radius 3 is 3.12 bits per heavy atom. The minimum absolute atomic E-state index is 0.0294. The SMILES string of the molecule is CC1NC2=CC(=O)Cc3ncn(c32)CC1=O. The number of ketones is 2. The van der Waals surface area contributed by atoms with E-state index in [4.69, 9.17) is 0 Å². The minimum atomic E-state index is -0.259. The first kappa shape index (κ1) is 9.33. The van der Waals surface area contributed by atoms with E-state index in [1.807, 2.05) is 11.5 Å². The van der Waals surface area contributed by atoms with Gasteiger partial charge in [0.25, 0.3) is 0 Å². The second-order valence-electron chi connectivity index (χ2n) is 4.20. The Balaban J connectivity index is 2.19. The van der Waals surface area contributed by atoms with Crippen LogP contribution in [-0.2, 0) is 22.6 Å². The molecule has 1 aliphatic carbocycles. The van der Waals surface area contributed by atoms with Crippen LogP contribution in [0, 0.1) is 0 Å². The van der Waals surface area contributed by atoms with Crippen molar-refractivity contribution < 1.29 is 9.59 Å². The van der Waals surface area contributed by atoms with Gasteiger partial charge in [0.1, 0.15) is 0 Å². The van der Waals surface area contributed by atoms with Gasteiger partial charge in [0.2, 0.25) is 0 Å². The molecule has 1 unspecified atom stereocenters. The number of imidazole rings is 1. The Hall–Kier alpha value is -1.91. The van der Waals surface area contributed by atoms with Gasteiger partial charge in [-0.15, -0.1) is 0 Å². The van der Waals surface area contributed by atoms with Crippen LogP contribution in [0.25, 0.3) is 5.70 Å². The Labute approximate surface area is 92.2 Å². The lowest BCUT2D eigenvalue weighted by Gasteiger charge is -2.15. The van der Waals surface area contributed by atoms with Gasteiger partial charge in [0.05, 0.1) is 42.4 Å². The normalized spacial score (nSPS) is 23.3.